The van der Waals surface area contributed by atoms with Crippen molar-refractivity contribution in [3.63, 3.8) is 0 Å². The lowest BCUT2D eigenvalue weighted by Gasteiger charge is -1.93. The van der Waals surface area contributed by atoms with Crippen LogP contribution in [0.15, 0.2) is 21.4 Å². The molecule has 0 aliphatic heterocycles. The molecule has 0 atom stereocenters. The fourth-order valence-electron chi connectivity index (χ4n) is 0.661. The Balaban J connectivity index is 3.26. The zero-order valence-electron chi connectivity index (χ0n) is 5.85. The summed E-state index contributed by atoms with van der Waals surface area (Å²) in [6.07, 6.45) is 0. The molecule has 0 saturated carbocycles. The molecule has 58 valence electrons. The number of rotatable bonds is 1. The van der Waals surface area contributed by atoms with Gasteiger partial charge in [-0.05, 0) is 28.1 Å². The molecular formula is C7H6BrNO2. The Morgan fingerprint density at radius 1 is 1.55 bits per heavy atom. The van der Waals surface area contributed by atoms with Crippen LogP contribution in [0.2, 0.25) is 0 Å². The second kappa shape index (κ2) is 3.00. The molecular weight excluding hydrogens is 210 g/mol. The van der Waals surface area contributed by atoms with E-state index in [1.54, 1.807) is 12.1 Å². The highest BCUT2D eigenvalue weighted by Crippen LogP contribution is 2.01. The average Bonchev–Trinajstić information content (AvgIpc) is 1.94. The predicted molar refractivity (Wildman–Crippen MR) is 44.8 cm³/mol. The summed E-state index contributed by atoms with van der Waals surface area (Å²) in [5.41, 5.74) is 0.0518. The molecule has 0 radical (unpaired) electrons. The minimum absolute atomic E-state index is 0.144. The van der Waals surface area contributed by atoms with Crippen molar-refractivity contribution in [1.82, 2.24) is 4.98 Å². The highest BCUT2D eigenvalue weighted by molar-refractivity contribution is 9.10. The van der Waals surface area contributed by atoms with Crippen molar-refractivity contribution in [2.45, 2.75) is 6.92 Å². The van der Waals surface area contributed by atoms with Crippen LogP contribution in [0.4, 0.5) is 0 Å². The zero-order valence-corrected chi connectivity index (χ0v) is 7.44. The van der Waals surface area contributed by atoms with Crippen LogP contribution in [0.1, 0.15) is 17.4 Å². The van der Waals surface area contributed by atoms with Crippen LogP contribution in [0.3, 0.4) is 0 Å². The molecule has 1 aromatic rings. The van der Waals surface area contributed by atoms with Gasteiger partial charge in [0.25, 0.3) is 5.56 Å². The van der Waals surface area contributed by atoms with E-state index < -0.39 is 0 Å². The van der Waals surface area contributed by atoms with Crippen molar-refractivity contribution >= 4 is 21.7 Å². The van der Waals surface area contributed by atoms with E-state index in [0.717, 1.165) is 0 Å². The zero-order chi connectivity index (χ0) is 8.43. The number of hydrogen-bond donors (Lipinski definition) is 1. The standard InChI is InChI=1S/C7H6BrNO2/c1-4(10)6-3-2-5(8)7(11)9-6/h2-3H,1H3,(H,9,11). The van der Waals surface area contributed by atoms with Gasteiger partial charge >= 0.3 is 0 Å². The van der Waals surface area contributed by atoms with Crippen molar-refractivity contribution in [2.24, 2.45) is 0 Å². The first-order valence-corrected chi connectivity index (χ1v) is 3.80. The van der Waals surface area contributed by atoms with E-state index in [1.807, 2.05) is 0 Å². The minimum atomic E-state index is -0.280. The summed E-state index contributed by atoms with van der Waals surface area (Å²) in [6, 6.07) is 3.11. The fourth-order valence-corrected chi connectivity index (χ4v) is 0.893. The molecule has 0 aliphatic carbocycles. The summed E-state index contributed by atoms with van der Waals surface area (Å²) in [5, 5.41) is 0. The fraction of sp³-hybridized carbons (Fsp3) is 0.143. The van der Waals surface area contributed by atoms with Crippen LogP contribution in [-0.2, 0) is 0 Å². The van der Waals surface area contributed by atoms with Gasteiger partial charge in [-0.15, -0.1) is 0 Å². The number of aromatic nitrogens is 1. The number of ketones is 1. The number of Topliss-reactive ketones (excluding diaryl/α,β-unsaturated/α-hetero) is 1. The molecule has 0 bridgehead atoms. The maximum absolute atomic E-state index is 10.9. The Hall–Kier alpha value is -0.900. The number of carbonyl (C=O) groups is 1. The molecule has 1 heterocycles. The first-order valence-electron chi connectivity index (χ1n) is 3.01. The monoisotopic (exact) mass is 215 g/mol. The van der Waals surface area contributed by atoms with Crippen LogP contribution in [0, 0.1) is 0 Å². The van der Waals surface area contributed by atoms with Gasteiger partial charge in [-0.1, -0.05) is 0 Å². The molecule has 0 spiro atoms. The van der Waals surface area contributed by atoms with Gasteiger partial charge in [0.15, 0.2) is 5.78 Å². The van der Waals surface area contributed by atoms with Crippen LogP contribution < -0.4 is 5.56 Å². The van der Waals surface area contributed by atoms with E-state index in [2.05, 4.69) is 20.9 Å². The van der Waals surface area contributed by atoms with Gasteiger partial charge in [-0.3, -0.25) is 9.59 Å². The third-order valence-electron chi connectivity index (χ3n) is 1.24. The van der Waals surface area contributed by atoms with Gasteiger partial charge in [0.1, 0.15) is 0 Å². The molecule has 0 aromatic carbocycles. The van der Waals surface area contributed by atoms with Crippen molar-refractivity contribution in [2.75, 3.05) is 0 Å². The first kappa shape index (κ1) is 8.20. The smallest absolute Gasteiger partial charge is 0.262 e. The van der Waals surface area contributed by atoms with Crippen molar-refractivity contribution < 1.29 is 4.79 Å². The number of halogens is 1. The van der Waals surface area contributed by atoms with E-state index in [9.17, 15) is 9.59 Å². The summed E-state index contributed by atoms with van der Waals surface area (Å²) in [5.74, 6) is -0.144. The van der Waals surface area contributed by atoms with E-state index >= 15 is 0 Å². The quantitative estimate of drug-likeness (QED) is 0.720. The largest absolute Gasteiger partial charge is 0.318 e. The molecule has 0 aliphatic rings. The molecule has 3 nitrogen and oxygen atoms in total. The third-order valence-corrected chi connectivity index (χ3v) is 1.87. The molecule has 0 saturated heterocycles. The SMILES string of the molecule is CC(=O)c1ccc(Br)c(=O)[nH]1. The van der Waals surface area contributed by atoms with Gasteiger partial charge in [-0.25, -0.2) is 0 Å². The first-order chi connectivity index (χ1) is 5.11. The summed E-state index contributed by atoms with van der Waals surface area (Å²) < 4.78 is 0.433. The average molecular weight is 216 g/mol. The third kappa shape index (κ3) is 1.77. The number of nitrogens with one attached hydrogen (secondary N) is 1. The lowest BCUT2D eigenvalue weighted by Crippen LogP contribution is -2.11. The van der Waals surface area contributed by atoms with E-state index in [1.165, 1.54) is 6.92 Å². The van der Waals surface area contributed by atoms with Gasteiger partial charge < -0.3 is 4.98 Å². The molecule has 1 N–H and O–H groups in total. The normalized spacial score (nSPS) is 9.64. The van der Waals surface area contributed by atoms with Gasteiger partial charge in [0, 0.05) is 6.92 Å². The highest BCUT2D eigenvalue weighted by atomic mass is 79.9. The minimum Gasteiger partial charge on any atom is -0.318 e. The molecule has 4 heteroatoms. The number of aromatic amines is 1. The Bertz CT molecular complexity index is 343. The van der Waals surface area contributed by atoms with E-state index in [0.29, 0.717) is 10.2 Å². The Kier molecular flexibility index (Phi) is 2.24. The maximum atomic E-state index is 10.9. The van der Waals surface area contributed by atoms with Gasteiger partial charge in [-0.2, -0.15) is 0 Å². The molecule has 0 amide bonds. The summed E-state index contributed by atoms with van der Waals surface area (Å²) in [7, 11) is 0. The number of carbonyl (C=O) groups excluding carboxylic acids is 1. The lowest BCUT2D eigenvalue weighted by molar-refractivity contribution is 0.101. The molecule has 0 unspecified atom stereocenters. The summed E-state index contributed by atoms with van der Waals surface area (Å²) in [6.45, 7) is 1.40. The van der Waals surface area contributed by atoms with Crippen LogP contribution in [0.25, 0.3) is 0 Å². The van der Waals surface area contributed by atoms with Crippen LogP contribution in [-0.4, -0.2) is 10.8 Å². The molecule has 11 heavy (non-hydrogen) atoms. The number of hydrogen-bond acceptors (Lipinski definition) is 2. The second-order valence-corrected chi connectivity index (χ2v) is 2.96. The van der Waals surface area contributed by atoms with Gasteiger partial charge in [0.2, 0.25) is 0 Å². The molecule has 1 rings (SSSR count). The Labute approximate surface area is 71.6 Å². The lowest BCUT2D eigenvalue weighted by atomic mass is 10.3. The molecule has 0 fully saturated rings. The topological polar surface area (TPSA) is 49.9 Å². The number of pyridine rings is 1. The Morgan fingerprint density at radius 2 is 2.18 bits per heavy atom. The van der Waals surface area contributed by atoms with Crippen LogP contribution >= 0.6 is 15.9 Å². The highest BCUT2D eigenvalue weighted by Gasteiger charge is 2.00. The van der Waals surface area contributed by atoms with E-state index in [-0.39, 0.29) is 11.3 Å². The van der Waals surface area contributed by atoms with Crippen molar-refractivity contribution in [3.8, 4) is 0 Å². The van der Waals surface area contributed by atoms with Crippen molar-refractivity contribution in [1.29, 1.82) is 0 Å². The van der Waals surface area contributed by atoms with Crippen LogP contribution in [0.5, 0.6) is 0 Å². The van der Waals surface area contributed by atoms with Crippen molar-refractivity contribution in [3.05, 3.63) is 32.7 Å². The van der Waals surface area contributed by atoms with Gasteiger partial charge in [0.05, 0.1) is 10.2 Å². The Morgan fingerprint density at radius 3 is 2.64 bits per heavy atom. The maximum Gasteiger partial charge on any atom is 0.262 e. The summed E-state index contributed by atoms with van der Waals surface area (Å²) in [4.78, 5) is 24.0. The molecule has 1 aromatic heterocycles. The number of H-pyrrole nitrogens is 1. The predicted octanol–water partition coefficient (Wildman–Crippen LogP) is 1.34. The summed E-state index contributed by atoms with van der Waals surface area (Å²) >= 11 is 3.02. The second-order valence-electron chi connectivity index (χ2n) is 2.11. The van der Waals surface area contributed by atoms with E-state index in [4.69, 9.17) is 0 Å².